The molecule has 130 valence electrons. The van der Waals surface area contributed by atoms with E-state index in [4.69, 9.17) is 0 Å². The number of rotatable bonds is 6. The maximum atomic E-state index is 12.3. The number of fused-ring (bicyclic) bond motifs is 1. The van der Waals surface area contributed by atoms with Gasteiger partial charge in [0, 0.05) is 31.9 Å². The highest BCUT2D eigenvalue weighted by atomic mass is 16.2. The van der Waals surface area contributed by atoms with Gasteiger partial charge in [-0.2, -0.15) is 0 Å². The third kappa shape index (κ3) is 3.45. The Labute approximate surface area is 145 Å². The number of carbonyl (C=O) groups excluding carboxylic acids is 3. The Morgan fingerprint density at radius 1 is 1.16 bits per heavy atom. The molecule has 2 heterocycles. The molecule has 0 atom stereocenters. The topological polar surface area (TPSA) is 84.3 Å². The number of amides is 3. The van der Waals surface area contributed by atoms with Gasteiger partial charge in [-0.05, 0) is 18.1 Å². The van der Waals surface area contributed by atoms with E-state index in [-0.39, 0.29) is 30.7 Å². The number of benzene rings is 1. The summed E-state index contributed by atoms with van der Waals surface area (Å²) in [6, 6.07) is 6.68. The van der Waals surface area contributed by atoms with Crippen LogP contribution in [-0.2, 0) is 11.3 Å². The van der Waals surface area contributed by atoms with Crippen LogP contribution in [0.5, 0.6) is 0 Å². The number of hydrogen-bond donors (Lipinski definition) is 1. The van der Waals surface area contributed by atoms with E-state index in [0.717, 1.165) is 11.4 Å². The van der Waals surface area contributed by atoms with Gasteiger partial charge >= 0.3 is 0 Å². The Balaban J connectivity index is 1.60. The molecule has 3 amide bonds. The molecule has 2 aromatic rings. The third-order valence-electron chi connectivity index (χ3n) is 3.97. The van der Waals surface area contributed by atoms with Crippen molar-refractivity contribution in [3.8, 4) is 0 Å². The minimum atomic E-state index is -0.352. The molecule has 0 unspecified atom stereocenters. The highest BCUT2D eigenvalue weighted by Gasteiger charge is 2.34. The summed E-state index contributed by atoms with van der Waals surface area (Å²) in [5, 5.41) is 2.73. The van der Waals surface area contributed by atoms with Gasteiger partial charge in [-0.25, -0.2) is 4.98 Å². The van der Waals surface area contributed by atoms with Gasteiger partial charge in [0.1, 0.15) is 0 Å². The van der Waals surface area contributed by atoms with Crippen molar-refractivity contribution in [2.24, 2.45) is 5.92 Å². The zero-order valence-electron chi connectivity index (χ0n) is 14.2. The van der Waals surface area contributed by atoms with Crippen LogP contribution in [-0.4, -0.2) is 38.7 Å². The van der Waals surface area contributed by atoms with Gasteiger partial charge in [-0.3, -0.25) is 24.6 Å². The molecule has 7 heteroatoms. The van der Waals surface area contributed by atoms with E-state index in [1.165, 1.54) is 0 Å². The molecule has 7 nitrogen and oxygen atoms in total. The minimum absolute atomic E-state index is 0.0278. The van der Waals surface area contributed by atoms with Crippen LogP contribution in [0, 0.1) is 5.92 Å². The highest BCUT2D eigenvalue weighted by Crippen LogP contribution is 2.22. The van der Waals surface area contributed by atoms with E-state index in [0.29, 0.717) is 23.0 Å². The first-order valence-corrected chi connectivity index (χ1v) is 8.23. The highest BCUT2D eigenvalue weighted by molar-refractivity contribution is 6.21. The summed E-state index contributed by atoms with van der Waals surface area (Å²) in [5.41, 5.74) is 0.778. The summed E-state index contributed by atoms with van der Waals surface area (Å²) in [5.74, 6) is -0.0959. The SMILES string of the molecule is CC(C)Cn1ccnc1NC(=O)CCN1C(=O)c2ccccc2C1=O. The molecule has 0 aliphatic carbocycles. The van der Waals surface area contributed by atoms with Crippen LogP contribution in [0.15, 0.2) is 36.7 Å². The number of hydrogen-bond acceptors (Lipinski definition) is 4. The van der Waals surface area contributed by atoms with Gasteiger partial charge in [0.25, 0.3) is 11.8 Å². The van der Waals surface area contributed by atoms with Gasteiger partial charge < -0.3 is 4.57 Å². The fourth-order valence-corrected chi connectivity index (χ4v) is 2.82. The Morgan fingerprint density at radius 3 is 2.40 bits per heavy atom. The summed E-state index contributed by atoms with van der Waals surface area (Å²) in [6.07, 6.45) is 3.46. The lowest BCUT2D eigenvalue weighted by atomic mass is 10.1. The van der Waals surface area contributed by atoms with Gasteiger partial charge in [-0.1, -0.05) is 26.0 Å². The smallest absolute Gasteiger partial charge is 0.261 e. The lowest BCUT2D eigenvalue weighted by Gasteiger charge is -2.14. The third-order valence-corrected chi connectivity index (χ3v) is 3.97. The molecule has 0 saturated heterocycles. The standard InChI is InChI=1S/C18H20N4O3/c1-12(2)11-21-10-8-19-18(21)20-15(23)7-9-22-16(24)13-5-3-4-6-14(13)17(22)25/h3-6,8,10,12H,7,9,11H2,1-2H3,(H,19,20,23). The lowest BCUT2D eigenvalue weighted by Crippen LogP contribution is -2.33. The van der Waals surface area contributed by atoms with Crippen LogP contribution < -0.4 is 5.32 Å². The second-order valence-corrected chi connectivity index (χ2v) is 6.40. The molecule has 0 saturated carbocycles. The molecular weight excluding hydrogens is 320 g/mol. The van der Waals surface area contributed by atoms with Crippen LogP contribution in [0.2, 0.25) is 0 Å². The molecule has 1 aliphatic heterocycles. The molecule has 0 spiro atoms. The summed E-state index contributed by atoms with van der Waals surface area (Å²) < 4.78 is 1.87. The molecule has 1 aromatic heterocycles. The van der Waals surface area contributed by atoms with Gasteiger partial charge in [-0.15, -0.1) is 0 Å². The predicted octanol–water partition coefficient (Wildman–Crippen LogP) is 2.16. The number of carbonyl (C=O) groups is 3. The largest absolute Gasteiger partial charge is 0.317 e. The first-order chi connectivity index (χ1) is 12.0. The zero-order valence-corrected chi connectivity index (χ0v) is 14.2. The van der Waals surface area contributed by atoms with Crippen molar-refractivity contribution in [2.45, 2.75) is 26.8 Å². The first kappa shape index (κ1) is 16.9. The van der Waals surface area contributed by atoms with Crippen LogP contribution in [0.3, 0.4) is 0 Å². The molecule has 25 heavy (non-hydrogen) atoms. The maximum Gasteiger partial charge on any atom is 0.261 e. The fraction of sp³-hybridized carbons (Fsp3) is 0.333. The van der Waals surface area contributed by atoms with Crippen LogP contribution in [0.25, 0.3) is 0 Å². The summed E-state index contributed by atoms with van der Waals surface area (Å²) in [7, 11) is 0. The van der Waals surface area contributed by atoms with Crippen molar-refractivity contribution >= 4 is 23.7 Å². The Kier molecular flexibility index (Phi) is 4.65. The number of aromatic nitrogens is 2. The minimum Gasteiger partial charge on any atom is -0.317 e. The molecule has 1 N–H and O–H groups in total. The zero-order chi connectivity index (χ0) is 18.0. The molecule has 0 bridgehead atoms. The first-order valence-electron chi connectivity index (χ1n) is 8.23. The van der Waals surface area contributed by atoms with E-state index in [9.17, 15) is 14.4 Å². The second-order valence-electron chi connectivity index (χ2n) is 6.40. The molecule has 1 aliphatic rings. The second kappa shape index (κ2) is 6.88. The average Bonchev–Trinajstić information content (AvgIpc) is 3.09. The fourth-order valence-electron chi connectivity index (χ4n) is 2.82. The van der Waals surface area contributed by atoms with E-state index in [1.807, 2.05) is 4.57 Å². The van der Waals surface area contributed by atoms with Crippen LogP contribution in [0.1, 0.15) is 41.0 Å². The molecular formula is C18H20N4O3. The van der Waals surface area contributed by atoms with Crippen molar-refractivity contribution in [1.29, 1.82) is 0 Å². The quantitative estimate of drug-likeness (QED) is 0.817. The maximum absolute atomic E-state index is 12.3. The van der Waals surface area contributed by atoms with Crippen molar-refractivity contribution in [3.63, 3.8) is 0 Å². The van der Waals surface area contributed by atoms with Crippen molar-refractivity contribution in [2.75, 3.05) is 11.9 Å². The van der Waals surface area contributed by atoms with E-state index in [2.05, 4.69) is 24.1 Å². The monoisotopic (exact) mass is 340 g/mol. The number of nitrogens with one attached hydrogen (secondary N) is 1. The lowest BCUT2D eigenvalue weighted by molar-refractivity contribution is -0.116. The average molecular weight is 340 g/mol. The number of imide groups is 1. The van der Waals surface area contributed by atoms with Crippen molar-refractivity contribution < 1.29 is 14.4 Å². The van der Waals surface area contributed by atoms with Crippen LogP contribution in [0.4, 0.5) is 5.95 Å². The molecule has 3 rings (SSSR count). The van der Waals surface area contributed by atoms with E-state index < -0.39 is 0 Å². The number of imidazole rings is 1. The Bertz CT molecular complexity index is 790. The van der Waals surface area contributed by atoms with Crippen molar-refractivity contribution in [1.82, 2.24) is 14.5 Å². The number of anilines is 1. The summed E-state index contributed by atoms with van der Waals surface area (Å²) >= 11 is 0. The Morgan fingerprint density at radius 2 is 1.80 bits per heavy atom. The molecule has 0 fully saturated rings. The van der Waals surface area contributed by atoms with Gasteiger partial charge in [0.2, 0.25) is 11.9 Å². The molecule has 1 aromatic carbocycles. The van der Waals surface area contributed by atoms with Gasteiger partial charge in [0.05, 0.1) is 11.1 Å². The van der Waals surface area contributed by atoms with Crippen LogP contribution >= 0.6 is 0 Å². The normalized spacial score (nSPS) is 13.5. The van der Waals surface area contributed by atoms with Gasteiger partial charge in [0.15, 0.2) is 0 Å². The summed E-state index contributed by atoms with van der Waals surface area (Å²) in [6.45, 7) is 4.94. The predicted molar refractivity (Wildman–Crippen MR) is 92.1 cm³/mol. The summed E-state index contributed by atoms with van der Waals surface area (Å²) in [4.78, 5) is 42.0. The van der Waals surface area contributed by atoms with Crippen molar-refractivity contribution in [3.05, 3.63) is 47.8 Å². The molecule has 0 radical (unpaired) electrons. The van der Waals surface area contributed by atoms with E-state index >= 15 is 0 Å². The van der Waals surface area contributed by atoms with E-state index in [1.54, 1.807) is 36.7 Å². The Hall–Kier alpha value is -2.96. The number of nitrogens with zero attached hydrogens (tertiary/aromatic N) is 3.